The second-order valence-electron chi connectivity index (χ2n) is 6.13. The summed E-state index contributed by atoms with van der Waals surface area (Å²) in [6, 6.07) is 10.7. The van der Waals surface area contributed by atoms with Crippen LogP contribution in [0.1, 0.15) is 32.6 Å². The Hall–Kier alpha value is -1.40. The fraction of sp³-hybridized carbons (Fsp3) is 0.611. The Morgan fingerprint density at radius 2 is 1.96 bits per heavy atom. The Kier molecular flexibility index (Phi) is 8.25. The molecule has 0 unspecified atom stereocenters. The maximum absolute atomic E-state index is 4.46. The molecule has 24 heavy (non-hydrogen) atoms. The number of rotatable bonds is 11. The van der Waals surface area contributed by atoms with Gasteiger partial charge in [-0.3, -0.25) is 0 Å². The van der Waals surface area contributed by atoms with Crippen LogP contribution >= 0.6 is 11.8 Å². The van der Waals surface area contributed by atoms with Crippen molar-refractivity contribution in [2.75, 3.05) is 25.6 Å². The van der Waals surface area contributed by atoms with E-state index in [2.05, 4.69) is 40.5 Å². The smallest absolute Gasteiger partial charge is 0.204 e. The van der Waals surface area contributed by atoms with Gasteiger partial charge in [0.25, 0.3) is 0 Å². The fourth-order valence-electron chi connectivity index (χ4n) is 2.76. The Bertz CT molecular complexity index is 572. The molecule has 0 saturated carbocycles. The van der Waals surface area contributed by atoms with Crippen LogP contribution in [0.25, 0.3) is 11.4 Å². The molecule has 0 aliphatic carbocycles. The third kappa shape index (κ3) is 5.91. The largest absolute Gasteiger partial charge is 0.303 e. The van der Waals surface area contributed by atoms with Crippen molar-refractivity contribution in [3.63, 3.8) is 0 Å². The third-order valence-corrected chi connectivity index (χ3v) is 5.03. The summed E-state index contributed by atoms with van der Waals surface area (Å²) in [5.74, 6) is 1.93. The standard InChI is InChI=1S/C18H29N5S/c1-4-17(15-24-3)22(2)13-9-6-10-14-23-20-18(19-21-23)16-11-7-5-8-12-16/h5,7-8,11-12,17H,4,6,9-10,13-15H2,1-3H3/t17-/m0/s1. The highest BCUT2D eigenvalue weighted by molar-refractivity contribution is 7.98. The van der Waals surface area contributed by atoms with Crippen molar-refractivity contribution in [1.82, 2.24) is 25.1 Å². The van der Waals surface area contributed by atoms with Crippen LogP contribution in [0.2, 0.25) is 0 Å². The Morgan fingerprint density at radius 3 is 2.67 bits per heavy atom. The Morgan fingerprint density at radius 1 is 1.17 bits per heavy atom. The zero-order chi connectivity index (χ0) is 17.2. The van der Waals surface area contributed by atoms with Crippen LogP contribution in [0.4, 0.5) is 0 Å². The molecule has 0 N–H and O–H groups in total. The molecule has 0 aliphatic heterocycles. The predicted molar refractivity (Wildman–Crippen MR) is 102 cm³/mol. The van der Waals surface area contributed by atoms with Crippen molar-refractivity contribution in [2.24, 2.45) is 0 Å². The number of nitrogens with zero attached hydrogens (tertiary/aromatic N) is 5. The minimum absolute atomic E-state index is 0.699. The third-order valence-electron chi connectivity index (χ3n) is 4.31. The summed E-state index contributed by atoms with van der Waals surface area (Å²) in [5, 5.41) is 12.8. The molecule has 0 fully saturated rings. The van der Waals surface area contributed by atoms with Gasteiger partial charge in [-0.2, -0.15) is 16.6 Å². The van der Waals surface area contributed by atoms with E-state index >= 15 is 0 Å². The fourth-order valence-corrected chi connectivity index (χ4v) is 3.64. The molecule has 2 aromatic rings. The number of benzene rings is 1. The summed E-state index contributed by atoms with van der Waals surface area (Å²) in [4.78, 5) is 4.21. The van der Waals surface area contributed by atoms with Crippen LogP contribution in [0.3, 0.4) is 0 Å². The minimum atomic E-state index is 0.699. The van der Waals surface area contributed by atoms with Gasteiger partial charge in [0.2, 0.25) is 5.82 Å². The second kappa shape index (κ2) is 10.5. The molecule has 0 aliphatic rings. The van der Waals surface area contributed by atoms with Gasteiger partial charge in [0, 0.05) is 17.4 Å². The van der Waals surface area contributed by atoms with E-state index < -0.39 is 0 Å². The molecule has 1 aromatic heterocycles. The number of tetrazole rings is 1. The Labute approximate surface area is 149 Å². The zero-order valence-corrected chi connectivity index (χ0v) is 15.9. The lowest BCUT2D eigenvalue weighted by atomic mass is 10.2. The van der Waals surface area contributed by atoms with Gasteiger partial charge < -0.3 is 4.90 Å². The summed E-state index contributed by atoms with van der Waals surface area (Å²) >= 11 is 1.94. The maximum Gasteiger partial charge on any atom is 0.204 e. The van der Waals surface area contributed by atoms with Crippen LogP contribution in [-0.4, -0.2) is 56.8 Å². The van der Waals surface area contributed by atoms with E-state index in [1.165, 1.54) is 31.6 Å². The van der Waals surface area contributed by atoms with Crippen LogP contribution in [0, 0.1) is 0 Å². The molecule has 132 valence electrons. The monoisotopic (exact) mass is 347 g/mol. The van der Waals surface area contributed by atoms with E-state index in [0.29, 0.717) is 11.9 Å². The normalized spacial score (nSPS) is 12.7. The lowest BCUT2D eigenvalue weighted by molar-refractivity contribution is 0.249. The van der Waals surface area contributed by atoms with Crippen LogP contribution in [0.15, 0.2) is 30.3 Å². The molecule has 0 spiro atoms. The number of hydrogen-bond donors (Lipinski definition) is 0. The summed E-state index contributed by atoms with van der Waals surface area (Å²) in [7, 11) is 2.25. The second-order valence-corrected chi connectivity index (χ2v) is 7.04. The average molecular weight is 348 g/mol. The van der Waals surface area contributed by atoms with Crippen molar-refractivity contribution in [1.29, 1.82) is 0 Å². The highest BCUT2D eigenvalue weighted by Gasteiger charge is 2.11. The van der Waals surface area contributed by atoms with E-state index in [9.17, 15) is 0 Å². The van der Waals surface area contributed by atoms with Crippen molar-refractivity contribution >= 4 is 11.8 Å². The van der Waals surface area contributed by atoms with E-state index in [1.54, 1.807) is 4.80 Å². The Balaban J connectivity index is 1.67. The number of hydrogen-bond acceptors (Lipinski definition) is 5. The highest BCUT2D eigenvalue weighted by Crippen LogP contribution is 2.12. The average Bonchev–Trinajstić information content (AvgIpc) is 3.09. The van der Waals surface area contributed by atoms with Crippen LogP contribution in [-0.2, 0) is 6.54 Å². The summed E-state index contributed by atoms with van der Waals surface area (Å²) in [5.41, 5.74) is 1.02. The topological polar surface area (TPSA) is 46.8 Å². The molecule has 0 saturated heterocycles. The number of unbranched alkanes of at least 4 members (excludes halogenated alkanes) is 2. The number of aromatic nitrogens is 4. The first kappa shape index (κ1) is 18.9. The maximum atomic E-state index is 4.46. The number of thioether (sulfide) groups is 1. The van der Waals surface area contributed by atoms with Crippen molar-refractivity contribution in [2.45, 2.75) is 45.2 Å². The predicted octanol–water partition coefficient (Wildman–Crippen LogP) is 3.58. The molecule has 0 bridgehead atoms. The van der Waals surface area contributed by atoms with Gasteiger partial charge in [-0.1, -0.05) is 43.7 Å². The molecule has 5 nitrogen and oxygen atoms in total. The van der Waals surface area contributed by atoms with E-state index in [4.69, 9.17) is 0 Å². The molecule has 1 aromatic carbocycles. The number of aryl methyl sites for hydroxylation is 1. The quantitative estimate of drug-likeness (QED) is 0.581. The zero-order valence-electron chi connectivity index (χ0n) is 15.1. The molecule has 0 amide bonds. The van der Waals surface area contributed by atoms with Crippen LogP contribution < -0.4 is 0 Å². The molecule has 1 heterocycles. The lowest BCUT2D eigenvalue weighted by Crippen LogP contribution is -2.33. The van der Waals surface area contributed by atoms with E-state index in [0.717, 1.165) is 18.5 Å². The first-order chi connectivity index (χ1) is 11.7. The molecule has 1 atom stereocenters. The van der Waals surface area contributed by atoms with Gasteiger partial charge in [-0.25, -0.2) is 0 Å². The summed E-state index contributed by atoms with van der Waals surface area (Å²) < 4.78 is 0. The molecular formula is C18H29N5S. The molecule has 6 heteroatoms. The van der Waals surface area contributed by atoms with Crippen molar-refractivity contribution < 1.29 is 0 Å². The van der Waals surface area contributed by atoms with Gasteiger partial charge in [-0.15, -0.1) is 10.2 Å². The molecule has 0 radical (unpaired) electrons. The molecule has 2 rings (SSSR count). The van der Waals surface area contributed by atoms with Gasteiger partial charge in [-0.05, 0) is 44.3 Å². The van der Waals surface area contributed by atoms with Gasteiger partial charge >= 0.3 is 0 Å². The van der Waals surface area contributed by atoms with Crippen molar-refractivity contribution in [3.8, 4) is 11.4 Å². The minimum Gasteiger partial charge on any atom is -0.303 e. The first-order valence-electron chi connectivity index (χ1n) is 8.77. The lowest BCUT2D eigenvalue weighted by Gasteiger charge is -2.26. The first-order valence-corrected chi connectivity index (χ1v) is 10.2. The van der Waals surface area contributed by atoms with Gasteiger partial charge in [0.1, 0.15) is 0 Å². The van der Waals surface area contributed by atoms with Crippen molar-refractivity contribution in [3.05, 3.63) is 30.3 Å². The molecular weight excluding hydrogens is 318 g/mol. The summed E-state index contributed by atoms with van der Waals surface area (Å²) in [6.45, 7) is 4.28. The SMILES string of the molecule is CC[C@@H](CSC)N(C)CCCCCn1nnc(-c2ccccc2)n1. The van der Waals surface area contributed by atoms with Gasteiger partial charge in [0.05, 0.1) is 6.54 Å². The summed E-state index contributed by atoms with van der Waals surface area (Å²) in [6.07, 6.45) is 6.93. The van der Waals surface area contributed by atoms with Gasteiger partial charge in [0.15, 0.2) is 0 Å². The highest BCUT2D eigenvalue weighted by atomic mass is 32.2. The van der Waals surface area contributed by atoms with Crippen LogP contribution in [0.5, 0.6) is 0 Å². The van der Waals surface area contributed by atoms with E-state index in [1.807, 2.05) is 42.1 Å². The van der Waals surface area contributed by atoms with E-state index in [-0.39, 0.29) is 0 Å².